The Labute approximate surface area is 232 Å². The molecule has 0 aliphatic carbocycles. The number of guanidine groups is 1. The van der Waals surface area contributed by atoms with Crippen LogP contribution in [-0.4, -0.2) is 24.3 Å². The topological polar surface area (TPSA) is 145 Å². The number of carbonyl (C=O) groups is 2. The van der Waals surface area contributed by atoms with Crippen molar-refractivity contribution in [1.82, 2.24) is 5.32 Å². The molecule has 0 atom stereocenters. The van der Waals surface area contributed by atoms with Crippen molar-refractivity contribution in [3.05, 3.63) is 88.4 Å². The first-order valence-electron chi connectivity index (χ1n) is 11.1. The molecule has 3 aromatic rings. The molecule has 3 rings (SSSR count). The summed E-state index contributed by atoms with van der Waals surface area (Å²) in [4.78, 5) is 26.5. The average Bonchev–Trinajstić information content (AvgIpc) is 2.88. The lowest BCUT2D eigenvalue weighted by molar-refractivity contribution is -0.274. The van der Waals surface area contributed by atoms with E-state index in [1.807, 2.05) is 0 Å². The van der Waals surface area contributed by atoms with E-state index in [0.717, 1.165) is 41.3 Å². The van der Waals surface area contributed by atoms with Crippen LogP contribution in [0.2, 0.25) is 5.02 Å². The fourth-order valence-corrected chi connectivity index (χ4v) is 3.56. The molecule has 0 aromatic heterocycles. The first kappa shape index (κ1) is 30.7. The van der Waals surface area contributed by atoms with Crippen LogP contribution in [0.3, 0.4) is 0 Å². The Morgan fingerprint density at radius 2 is 1.61 bits per heavy atom. The highest BCUT2D eigenvalue weighted by atomic mass is 35.5. The monoisotopic (exact) mass is 601 g/mol. The second-order valence-corrected chi connectivity index (χ2v) is 8.39. The predicted octanol–water partition coefficient (Wildman–Crippen LogP) is 6.49. The molecule has 0 heterocycles. The summed E-state index contributed by atoms with van der Waals surface area (Å²) in [6.45, 7) is -0.228. The van der Waals surface area contributed by atoms with Gasteiger partial charge >= 0.3 is 18.6 Å². The van der Waals surface area contributed by atoms with E-state index in [0.29, 0.717) is 11.6 Å². The largest absolute Gasteiger partial charge is 0.573 e. The minimum Gasteiger partial charge on any atom is -0.406 e. The van der Waals surface area contributed by atoms with Crippen LogP contribution in [0.1, 0.15) is 21.5 Å². The van der Waals surface area contributed by atoms with E-state index in [4.69, 9.17) is 22.9 Å². The number of ether oxygens (including phenoxy) is 1. The number of carbonyl (C=O) groups excluding carboxylic acids is 2. The van der Waals surface area contributed by atoms with Crippen LogP contribution in [0.25, 0.3) is 0 Å². The maximum absolute atomic E-state index is 13.3. The molecule has 10 nitrogen and oxygen atoms in total. The smallest absolute Gasteiger partial charge is 0.406 e. The van der Waals surface area contributed by atoms with E-state index < -0.39 is 46.8 Å². The third-order valence-corrected chi connectivity index (χ3v) is 5.44. The summed E-state index contributed by atoms with van der Waals surface area (Å²) in [5.41, 5.74) is 11.1. The number of nitrogens with zero attached hydrogens (tertiary/aromatic N) is 3. The number of amides is 3. The van der Waals surface area contributed by atoms with Crippen molar-refractivity contribution < 1.29 is 40.7 Å². The Hall–Kier alpha value is -4.86. The van der Waals surface area contributed by atoms with Crippen LogP contribution in [0.5, 0.6) is 5.75 Å². The molecule has 41 heavy (non-hydrogen) atoms. The molecule has 0 aliphatic heterocycles. The van der Waals surface area contributed by atoms with Crippen molar-refractivity contribution in [2.75, 3.05) is 10.2 Å². The Bertz CT molecular complexity index is 1450. The van der Waals surface area contributed by atoms with E-state index >= 15 is 0 Å². The van der Waals surface area contributed by atoms with Gasteiger partial charge in [0.2, 0.25) is 5.96 Å². The van der Waals surface area contributed by atoms with Crippen LogP contribution in [-0.2, 0) is 12.7 Å². The molecule has 3 amide bonds. The lowest BCUT2D eigenvalue weighted by atomic mass is 10.1. The third-order valence-electron chi connectivity index (χ3n) is 5.11. The maximum atomic E-state index is 13.3. The fraction of sp³-hybridized carbons (Fsp3) is 0.125. The number of alkyl halides is 6. The van der Waals surface area contributed by atoms with Gasteiger partial charge in [-0.05, 0) is 65.4 Å². The maximum Gasteiger partial charge on any atom is 0.573 e. The quantitative estimate of drug-likeness (QED) is 0.0806. The molecule has 3 aromatic carbocycles. The molecule has 5 N–H and O–H groups in total. The third kappa shape index (κ3) is 8.82. The van der Waals surface area contributed by atoms with Gasteiger partial charge in [-0.25, -0.2) is 4.79 Å². The van der Waals surface area contributed by atoms with Crippen molar-refractivity contribution in [1.29, 1.82) is 5.53 Å². The van der Waals surface area contributed by atoms with Crippen molar-refractivity contribution in [2.24, 2.45) is 16.1 Å². The predicted molar refractivity (Wildman–Crippen MR) is 135 cm³/mol. The van der Waals surface area contributed by atoms with Crippen molar-refractivity contribution in [3.63, 3.8) is 0 Å². The van der Waals surface area contributed by atoms with Crippen LogP contribution in [0, 0.1) is 5.53 Å². The highest BCUT2D eigenvalue weighted by molar-refractivity contribution is 6.31. The first-order valence-corrected chi connectivity index (χ1v) is 11.5. The molecule has 0 saturated heterocycles. The van der Waals surface area contributed by atoms with Gasteiger partial charge in [-0.15, -0.1) is 13.2 Å². The van der Waals surface area contributed by atoms with Crippen molar-refractivity contribution in [2.45, 2.75) is 19.1 Å². The highest BCUT2D eigenvalue weighted by Gasteiger charge is 2.34. The second-order valence-electron chi connectivity index (χ2n) is 7.99. The SMILES string of the molecule is N=NN=C(N)NC(=O)c1ccc(CN(C(=O)Nc2ccc(Cl)c(C(F)(F)F)c2)c2ccc(OC(F)(F)F)cc2)cc1. The molecular formula is C24H18ClF6N7O3. The second kappa shape index (κ2) is 12.5. The van der Waals surface area contributed by atoms with E-state index in [1.54, 1.807) is 0 Å². The summed E-state index contributed by atoms with van der Waals surface area (Å²) < 4.78 is 81.3. The zero-order valence-electron chi connectivity index (χ0n) is 20.3. The molecule has 0 unspecified atom stereocenters. The van der Waals surface area contributed by atoms with Gasteiger partial charge in [-0.2, -0.15) is 18.7 Å². The molecule has 0 aliphatic rings. The molecule has 0 radical (unpaired) electrons. The summed E-state index contributed by atoms with van der Waals surface area (Å²) in [7, 11) is 0. The lowest BCUT2D eigenvalue weighted by Crippen LogP contribution is -2.36. The minimum absolute atomic E-state index is 0.0620. The average molecular weight is 602 g/mol. The van der Waals surface area contributed by atoms with Crippen molar-refractivity contribution >= 4 is 40.9 Å². The van der Waals surface area contributed by atoms with Crippen LogP contribution in [0.15, 0.2) is 77.1 Å². The van der Waals surface area contributed by atoms with Crippen LogP contribution < -0.4 is 26.0 Å². The molecule has 17 heteroatoms. The van der Waals surface area contributed by atoms with Gasteiger partial charge in [0, 0.05) is 16.9 Å². The standard InChI is InChI=1S/C24H18ClF6N7O3/c25-19-10-5-15(11-18(19)23(26,27)28)34-22(40)38(16-6-8-17(9-7-16)41-24(29,30)31)12-13-1-3-14(4-2-13)20(39)35-21(32)36-37-33/h1-11H,12H2,(H,34,40)(H4,32,33,35,36,39). The number of rotatable bonds is 7. The van der Waals surface area contributed by atoms with Gasteiger partial charge in [0.25, 0.3) is 5.91 Å². The molecule has 0 fully saturated rings. The molecule has 0 saturated carbocycles. The lowest BCUT2D eigenvalue weighted by Gasteiger charge is -2.24. The number of hydrogen-bond acceptors (Lipinski definition) is 5. The van der Waals surface area contributed by atoms with Gasteiger partial charge in [-0.3, -0.25) is 15.0 Å². The Morgan fingerprint density at radius 3 is 2.17 bits per heavy atom. The number of anilines is 2. The van der Waals surface area contributed by atoms with Gasteiger partial charge in [-0.1, -0.05) is 28.8 Å². The summed E-state index contributed by atoms with van der Waals surface area (Å²) in [6, 6.07) is 11.6. The number of nitrogens with one attached hydrogen (secondary N) is 3. The fourth-order valence-electron chi connectivity index (χ4n) is 3.33. The molecule has 216 valence electrons. The first-order chi connectivity index (χ1) is 19.2. The van der Waals surface area contributed by atoms with Crippen molar-refractivity contribution in [3.8, 4) is 5.75 Å². The number of halogens is 7. The highest BCUT2D eigenvalue weighted by Crippen LogP contribution is 2.36. The number of hydrogen-bond donors (Lipinski definition) is 4. The van der Waals surface area contributed by atoms with E-state index in [-0.39, 0.29) is 23.5 Å². The van der Waals surface area contributed by atoms with E-state index in [2.05, 4.69) is 25.7 Å². The molecular weight excluding hydrogens is 584 g/mol. The Balaban J connectivity index is 1.89. The van der Waals surface area contributed by atoms with Gasteiger partial charge in [0.05, 0.1) is 17.1 Å². The number of urea groups is 1. The van der Waals surface area contributed by atoms with E-state index in [1.165, 1.54) is 24.3 Å². The van der Waals surface area contributed by atoms with Gasteiger partial charge in [0.15, 0.2) is 0 Å². The minimum atomic E-state index is -4.95. The summed E-state index contributed by atoms with van der Waals surface area (Å²) >= 11 is 5.63. The van der Waals surface area contributed by atoms with Crippen LogP contribution in [0.4, 0.5) is 42.5 Å². The molecule has 0 spiro atoms. The van der Waals surface area contributed by atoms with E-state index in [9.17, 15) is 35.9 Å². The van der Waals surface area contributed by atoms with Gasteiger partial charge in [0.1, 0.15) is 5.75 Å². The zero-order chi connectivity index (χ0) is 30.4. The summed E-state index contributed by atoms with van der Waals surface area (Å²) in [6.07, 6.45) is -9.75. The van der Waals surface area contributed by atoms with Gasteiger partial charge < -0.3 is 15.8 Å². The summed E-state index contributed by atoms with van der Waals surface area (Å²) in [5.74, 6) is -1.67. The Kier molecular flexibility index (Phi) is 9.39. The number of nitrogens with two attached hydrogens (primary N) is 1. The summed E-state index contributed by atoms with van der Waals surface area (Å²) in [5, 5.41) is 9.75. The Morgan fingerprint density at radius 1 is 0.976 bits per heavy atom. The van der Waals surface area contributed by atoms with Crippen LogP contribution >= 0.6 is 11.6 Å². The normalized spacial score (nSPS) is 11.9. The number of benzene rings is 3. The molecule has 0 bridgehead atoms. The zero-order valence-corrected chi connectivity index (χ0v) is 21.1.